The third-order valence-electron chi connectivity index (χ3n) is 1.92. The van der Waals surface area contributed by atoms with Crippen molar-refractivity contribution in [1.29, 1.82) is 0 Å². The van der Waals surface area contributed by atoms with E-state index < -0.39 is 0 Å². The third kappa shape index (κ3) is 2.84. The van der Waals surface area contributed by atoms with Gasteiger partial charge in [0.25, 0.3) is 0 Å². The van der Waals surface area contributed by atoms with Gasteiger partial charge in [-0.25, -0.2) is 0 Å². The molecule has 0 unspecified atom stereocenters. The zero-order valence-electron chi connectivity index (χ0n) is 7.63. The van der Waals surface area contributed by atoms with Crippen LogP contribution in [0.4, 0.5) is 0 Å². The van der Waals surface area contributed by atoms with Gasteiger partial charge in [-0.05, 0) is 37.9 Å². The second-order valence-corrected chi connectivity index (χ2v) is 2.97. The van der Waals surface area contributed by atoms with Gasteiger partial charge in [-0.1, -0.05) is 23.8 Å². The summed E-state index contributed by atoms with van der Waals surface area (Å²) in [6.07, 6.45) is 0.994. The third-order valence-corrected chi connectivity index (χ3v) is 1.92. The van der Waals surface area contributed by atoms with E-state index in [1.165, 1.54) is 16.7 Å². The van der Waals surface area contributed by atoms with Crippen molar-refractivity contribution in [3.05, 3.63) is 34.9 Å². The van der Waals surface area contributed by atoms with Gasteiger partial charge in [-0.3, -0.25) is 0 Å². The molecule has 0 heterocycles. The molecular formula is C10H16ClN. The summed E-state index contributed by atoms with van der Waals surface area (Å²) in [4.78, 5) is 0. The van der Waals surface area contributed by atoms with Crippen molar-refractivity contribution in [2.75, 3.05) is 6.54 Å². The first-order valence-corrected chi connectivity index (χ1v) is 4.00. The minimum absolute atomic E-state index is 0. The van der Waals surface area contributed by atoms with E-state index in [2.05, 4.69) is 32.0 Å². The first kappa shape index (κ1) is 11.5. The molecule has 68 valence electrons. The number of nitrogens with two attached hydrogens (primary N) is 1. The van der Waals surface area contributed by atoms with Gasteiger partial charge in [0.2, 0.25) is 0 Å². The zero-order chi connectivity index (χ0) is 8.27. The average molecular weight is 186 g/mol. The number of hydrogen-bond donors (Lipinski definition) is 1. The summed E-state index contributed by atoms with van der Waals surface area (Å²) in [6, 6.07) is 6.50. The van der Waals surface area contributed by atoms with Crippen LogP contribution in [0, 0.1) is 13.8 Å². The molecule has 0 bridgehead atoms. The van der Waals surface area contributed by atoms with E-state index in [1.807, 2.05) is 0 Å². The molecule has 0 saturated heterocycles. The van der Waals surface area contributed by atoms with Crippen LogP contribution < -0.4 is 5.73 Å². The van der Waals surface area contributed by atoms with E-state index in [0.717, 1.165) is 13.0 Å². The molecule has 0 aromatic heterocycles. The number of aryl methyl sites for hydroxylation is 2. The summed E-state index contributed by atoms with van der Waals surface area (Å²) < 4.78 is 0. The van der Waals surface area contributed by atoms with Gasteiger partial charge < -0.3 is 5.73 Å². The Bertz CT molecular complexity index is 246. The Kier molecular flexibility index (Phi) is 4.95. The highest BCUT2D eigenvalue weighted by molar-refractivity contribution is 5.85. The minimum Gasteiger partial charge on any atom is -0.330 e. The monoisotopic (exact) mass is 185 g/mol. The van der Waals surface area contributed by atoms with Crippen molar-refractivity contribution in [1.82, 2.24) is 0 Å². The largest absolute Gasteiger partial charge is 0.330 e. The van der Waals surface area contributed by atoms with Crippen molar-refractivity contribution in [2.45, 2.75) is 20.3 Å². The van der Waals surface area contributed by atoms with Gasteiger partial charge >= 0.3 is 0 Å². The molecule has 0 aliphatic rings. The van der Waals surface area contributed by atoms with E-state index in [1.54, 1.807) is 0 Å². The van der Waals surface area contributed by atoms with Crippen LogP contribution in [0.15, 0.2) is 18.2 Å². The lowest BCUT2D eigenvalue weighted by molar-refractivity contribution is 0.955. The molecule has 0 spiro atoms. The van der Waals surface area contributed by atoms with Gasteiger partial charge in [0.1, 0.15) is 0 Å². The van der Waals surface area contributed by atoms with E-state index in [4.69, 9.17) is 5.73 Å². The molecule has 0 aliphatic carbocycles. The van der Waals surface area contributed by atoms with Gasteiger partial charge in [0, 0.05) is 0 Å². The topological polar surface area (TPSA) is 26.0 Å². The Morgan fingerprint density at radius 3 is 2.50 bits per heavy atom. The van der Waals surface area contributed by atoms with Crippen LogP contribution in [-0.4, -0.2) is 6.54 Å². The number of hydrogen-bond acceptors (Lipinski definition) is 1. The Labute approximate surface area is 80.4 Å². The molecule has 0 atom stereocenters. The lowest BCUT2D eigenvalue weighted by atomic mass is 10.0. The standard InChI is InChI=1S/C10H15N.ClH/c1-8-3-4-9(2)10(7-8)5-6-11;/h3-4,7H,5-6,11H2,1-2H3;1H. The Morgan fingerprint density at radius 2 is 1.92 bits per heavy atom. The van der Waals surface area contributed by atoms with Crippen molar-refractivity contribution in [3.8, 4) is 0 Å². The van der Waals surface area contributed by atoms with Crippen molar-refractivity contribution in [2.24, 2.45) is 5.73 Å². The van der Waals surface area contributed by atoms with Crippen molar-refractivity contribution >= 4 is 12.4 Å². The van der Waals surface area contributed by atoms with E-state index in [-0.39, 0.29) is 12.4 Å². The highest BCUT2D eigenvalue weighted by Crippen LogP contribution is 2.10. The first-order valence-electron chi connectivity index (χ1n) is 4.00. The molecule has 1 aromatic carbocycles. The second-order valence-electron chi connectivity index (χ2n) is 2.97. The SMILES string of the molecule is Cc1ccc(C)c(CCN)c1.Cl. The van der Waals surface area contributed by atoms with Crippen LogP contribution in [0.3, 0.4) is 0 Å². The maximum Gasteiger partial charge on any atom is -0.00366 e. The summed E-state index contributed by atoms with van der Waals surface area (Å²) in [5, 5.41) is 0. The molecule has 0 amide bonds. The molecule has 0 radical (unpaired) electrons. The predicted octanol–water partition coefficient (Wildman–Crippen LogP) is 2.23. The number of halogens is 1. The maximum absolute atomic E-state index is 5.48. The normalized spacial score (nSPS) is 9.25. The maximum atomic E-state index is 5.48. The molecule has 2 heteroatoms. The highest BCUT2D eigenvalue weighted by atomic mass is 35.5. The van der Waals surface area contributed by atoms with Crippen molar-refractivity contribution < 1.29 is 0 Å². The second kappa shape index (κ2) is 5.18. The van der Waals surface area contributed by atoms with Crippen LogP contribution >= 0.6 is 12.4 Å². The van der Waals surface area contributed by atoms with Crippen molar-refractivity contribution in [3.63, 3.8) is 0 Å². The molecule has 1 nitrogen and oxygen atoms in total. The van der Waals surface area contributed by atoms with Gasteiger partial charge in [-0.2, -0.15) is 0 Å². The van der Waals surface area contributed by atoms with Gasteiger partial charge in [0.15, 0.2) is 0 Å². The van der Waals surface area contributed by atoms with Crippen LogP contribution in [0.25, 0.3) is 0 Å². The highest BCUT2D eigenvalue weighted by Gasteiger charge is 1.95. The molecule has 0 fully saturated rings. The number of benzene rings is 1. The molecular weight excluding hydrogens is 170 g/mol. The summed E-state index contributed by atoms with van der Waals surface area (Å²) in [6.45, 7) is 4.98. The fraction of sp³-hybridized carbons (Fsp3) is 0.400. The van der Waals surface area contributed by atoms with Gasteiger partial charge in [0.05, 0.1) is 0 Å². The quantitative estimate of drug-likeness (QED) is 0.752. The number of rotatable bonds is 2. The van der Waals surface area contributed by atoms with Crippen LogP contribution in [0.2, 0.25) is 0 Å². The fourth-order valence-electron chi connectivity index (χ4n) is 1.23. The Hall–Kier alpha value is -0.530. The molecule has 12 heavy (non-hydrogen) atoms. The minimum atomic E-state index is 0. The Balaban J connectivity index is 0.00000121. The zero-order valence-corrected chi connectivity index (χ0v) is 8.45. The lowest BCUT2D eigenvalue weighted by Gasteiger charge is -2.04. The molecule has 1 rings (SSSR count). The van der Waals surface area contributed by atoms with E-state index >= 15 is 0 Å². The van der Waals surface area contributed by atoms with E-state index in [9.17, 15) is 0 Å². The van der Waals surface area contributed by atoms with E-state index in [0.29, 0.717) is 0 Å². The smallest absolute Gasteiger partial charge is 0.00366 e. The molecule has 1 aromatic rings. The fourth-order valence-corrected chi connectivity index (χ4v) is 1.23. The van der Waals surface area contributed by atoms with Gasteiger partial charge in [-0.15, -0.1) is 12.4 Å². The lowest BCUT2D eigenvalue weighted by Crippen LogP contribution is -2.04. The summed E-state index contributed by atoms with van der Waals surface area (Å²) >= 11 is 0. The molecule has 0 saturated carbocycles. The van der Waals surface area contributed by atoms with Crippen LogP contribution in [0.5, 0.6) is 0 Å². The predicted molar refractivity (Wildman–Crippen MR) is 55.9 cm³/mol. The van der Waals surface area contributed by atoms with Crippen LogP contribution in [0.1, 0.15) is 16.7 Å². The average Bonchev–Trinajstić information content (AvgIpc) is 1.98. The Morgan fingerprint density at radius 1 is 1.25 bits per heavy atom. The van der Waals surface area contributed by atoms with Crippen LogP contribution in [-0.2, 0) is 6.42 Å². The first-order chi connectivity index (χ1) is 5.24. The molecule has 0 aliphatic heterocycles. The summed E-state index contributed by atoms with van der Waals surface area (Å²) in [5.74, 6) is 0. The summed E-state index contributed by atoms with van der Waals surface area (Å²) in [5.41, 5.74) is 9.53. The molecule has 2 N–H and O–H groups in total. The summed E-state index contributed by atoms with van der Waals surface area (Å²) in [7, 11) is 0.